The molecule has 0 saturated heterocycles. The average molecular weight is 249 g/mol. The summed E-state index contributed by atoms with van der Waals surface area (Å²) in [7, 11) is 1.96. The van der Waals surface area contributed by atoms with Gasteiger partial charge in [-0.05, 0) is 20.8 Å². The maximum absolute atomic E-state index is 4.94. The number of hydrogen-bond donors (Lipinski definition) is 1. The van der Waals surface area contributed by atoms with E-state index >= 15 is 0 Å². The van der Waals surface area contributed by atoms with E-state index < -0.39 is 0 Å². The lowest BCUT2D eigenvalue weighted by atomic mass is 10.1. The Bertz CT molecular complexity index is 543. The van der Waals surface area contributed by atoms with Gasteiger partial charge in [0.2, 0.25) is 5.89 Å². The van der Waals surface area contributed by atoms with Gasteiger partial charge < -0.3 is 9.84 Å². The van der Waals surface area contributed by atoms with Crippen molar-refractivity contribution in [2.45, 2.75) is 40.3 Å². The maximum atomic E-state index is 4.94. The minimum atomic E-state index is 0.206. The predicted octanol–water partition coefficient (Wildman–Crippen LogP) is 1.58. The zero-order chi connectivity index (χ0) is 13.3. The molecule has 2 aromatic heterocycles. The predicted molar refractivity (Wildman–Crippen MR) is 67.0 cm³/mol. The van der Waals surface area contributed by atoms with Gasteiger partial charge in [-0.25, -0.2) is 0 Å². The fourth-order valence-corrected chi connectivity index (χ4v) is 2.18. The van der Waals surface area contributed by atoms with E-state index in [0.29, 0.717) is 18.3 Å². The van der Waals surface area contributed by atoms with Crippen molar-refractivity contribution in [1.82, 2.24) is 25.2 Å². The van der Waals surface area contributed by atoms with Crippen LogP contribution < -0.4 is 5.32 Å². The maximum Gasteiger partial charge on any atom is 0.223 e. The van der Waals surface area contributed by atoms with E-state index in [9.17, 15) is 0 Å². The van der Waals surface area contributed by atoms with Crippen LogP contribution in [0.2, 0.25) is 0 Å². The van der Waals surface area contributed by atoms with Crippen molar-refractivity contribution in [3.8, 4) is 0 Å². The van der Waals surface area contributed by atoms with Crippen molar-refractivity contribution < 1.29 is 4.52 Å². The molecule has 1 unspecified atom stereocenters. The third kappa shape index (κ3) is 2.43. The third-order valence-electron chi connectivity index (χ3n) is 3.13. The molecule has 6 nitrogen and oxygen atoms in total. The van der Waals surface area contributed by atoms with E-state index in [1.165, 1.54) is 11.3 Å². The Morgan fingerprint density at radius 1 is 1.33 bits per heavy atom. The lowest BCUT2D eigenvalue weighted by Gasteiger charge is -2.13. The number of rotatable bonds is 4. The molecule has 6 heteroatoms. The minimum absolute atomic E-state index is 0.206. The van der Waals surface area contributed by atoms with Gasteiger partial charge in [0.1, 0.15) is 0 Å². The van der Waals surface area contributed by atoms with Crippen LogP contribution in [0.3, 0.4) is 0 Å². The monoisotopic (exact) mass is 249 g/mol. The summed E-state index contributed by atoms with van der Waals surface area (Å²) < 4.78 is 6.84. The van der Waals surface area contributed by atoms with E-state index in [4.69, 9.17) is 4.52 Å². The van der Waals surface area contributed by atoms with Crippen LogP contribution in [0.25, 0.3) is 0 Å². The molecule has 0 saturated carbocycles. The Balaban J connectivity index is 2.05. The van der Waals surface area contributed by atoms with Crippen molar-refractivity contribution in [1.29, 1.82) is 0 Å². The molecule has 2 aromatic rings. The van der Waals surface area contributed by atoms with Crippen LogP contribution in [-0.4, -0.2) is 19.9 Å². The van der Waals surface area contributed by atoms with Crippen LogP contribution >= 0.6 is 0 Å². The van der Waals surface area contributed by atoms with Gasteiger partial charge in [0.05, 0.1) is 12.2 Å². The molecule has 0 aromatic carbocycles. The Labute approximate surface area is 106 Å². The van der Waals surface area contributed by atoms with Crippen molar-refractivity contribution in [3.05, 3.63) is 28.7 Å². The Kier molecular flexibility index (Phi) is 3.47. The van der Waals surface area contributed by atoms with Crippen LogP contribution in [0.4, 0.5) is 0 Å². The van der Waals surface area contributed by atoms with Crippen LogP contribution in [0.5, 0.6) is 0 Å². The molecule has 2 heterocycles. The second-order valence-electron chi connectivity index (χ2n) is 4.54. The quantitative estimate of drug-likeness (QED) is 0.891. The molecule has 18 heavy (non-hydrogen) atoms. The highest BCUT2D eigenvalue weighted by molar-refractivity contribution is 5.27. The Hall–Kier alpha value is -1.69. The largest absolute Gasteiger partial charge is 0.340 e. The molecule has 0 spiro atoms. The van der Waals surface area contributed by atoms with E-state index in [1.54, 1.807) is 6.92 Å². The molecule has 0 fully saturated rings. The van der Waals surface area contributed by atoms with Crippen molar-refractivity contribution >= 4 is 0 Å². The molecular formula is C12H19N5O. The van der Waals surface area contributed by atoms with E-state index in [-0.39, 0.29) is 6.04 Å². The summed E-state index contributed by atoms with van der Waals surface area (Å²) in [6.45, 7) is 8.59. The molecule has 0 aliphatic rings. The summed E-state index contributed by atoms with van der Waals surface area (Å²) in [6, 6.07) is 0.206. The summed E-state index contributed by atoms with van der Waals surface area (Å²) in [6.07, 6.45) is 0. The normalized spacial score (nSPS) is 12.9. The SMILES string of the molecule is Cc1nc(CNC(C)c2c(C)nn(C)c2C)no1. The smallest absolute Gasteiger partial charge is 0.223 e. The first-order valence-corrected chi connectivity index (χ1v) is 6.01. The summed E-state index contributed by atoms with van der Waals surface area (Å²) in [5, 5.41) is 11.7. The molecule has 0 aliphatic carbocycles. The van der Waals surface area contributed by atoms with Crippen LogP contribution in [0.1, 0.15) is 41.6 Å². The standard InChI is InChI=1S/C12H19N5O/c1-7(12-8(2)15-17(5)9(12)3)13-6-11-14-10(4)18-16-11/h7,13H,6H2,1-5H3. The number of nitrogens with zero attached hydrogens (tertiary/aromatic N) is 4. The summed E-state index contributed by atoms with van der Waals surface area (Å²) in [5.74, 6) is 1.27. The molecular weight excluding hydrogens is 230 g/mol. The van der Waals surface area contributed by atoms with Gasteiger partial charge in [-0.3, -0.25) is 4.68 Å². The highest BCUT2D eigenvalue weighted by Gasteiger charge is 2.16. The lowest BCUT2D eigenvalue weighted by molar-refractivity contribution is 0.384. The summed E-state index contributed by atoms with van der Waals surface area (Å²) >= 11 is 0. The Morgan fingerprint density at radius 3 is 2.56 bits per heavy atom. The molecule has 0 radical (unpaired) electrons. The minimum Gasteiger partial charge on any atom is -0.340 e. The van der Waals surface area contributed by atoms with Crippen LogP contribution in [0.15, 0.2) is 4.52 Å². The van der Waals surface area contributed by atoms with Crippen LogP contribution in [0, 0.1) is 20.8 Å². The fourth-order valence-electron chi connectivity index (χ4n) is 2.18. The van der Waals surface area contributed by atoms with Gasteiger partial charge in [-0.2, -0.15) is 10.1 Å². The zero-order valence-corrected chi connectivity index (χ0v) is 11.5. The van der Waals surface area contributed by atoms with Gasteiger partial charge in [0.15, 0.2) is 5.82 Å². The lowest BCUT2D eigenvalue weighted by Crippen LogP contribution is -2.20. The van der Waals surface area contributed by atoms with Gasteiger partial charge >= 0.3 is 0 Å². The average Bonchev–Trinajstić information content (AvgIpc) is 2.82. The van der Waals surface area contributed by atoms with Crippen molar-refractivity contribution in [3.63, 3.8) is 0 Å². The second-order valence-corrected chi connectivity index (χ2v) is 4.54. The van der Waals surface area contributed by atoms with Gasteiger partial charge in [0, 0.05) is 31.3 Å². The van der Waals surface area contributed by atoms with Gasteiger partial charge in [0.25, 0.3) is 0 Å². The molecule has 1 atom stereocenters. The number of nitrogens with one attached hydrogen (secondary N) is 1. The first kappa shape index (κ1) is 12.8. The zero-order valence-electron chi connectivity index (χ0n) is 11.5. The van der Waals surface area contributed by atoms with Crippen LogP contribution in [-0.2, 0) is 13.6 Å². The van der Waals surface area contributed by atoms with Gasteiger partial charge in [-0.15, -0.1) is 0 Å². The molecule has 0 amide bonds. The number of hydrogen-bond acceptors (Lipinski definition) is 5. The third-order valence-corrected chi connectivity index (χ3v) is 3.13. The molecule has 0 aliphatic heterocycles. The van der Waals surface area contributed by atoms with Crippen molar-refractivity contribution in [2.75, 3.05) is 0 Å². The second kappa shape index (κ2) is 4.89. The van der Waals surface area contributed by atoms with E-state index in [1.807, 2.05) is 18.7 Å². The first-order chi connectivity index (χ1) is 8.49. The Morgan fingerprint density at radius 2 is 2.06 bits per heavy atom. The molecule has 98 valence electrons. The van der Waals surface area contributed by atoms with E-state index in [0.717, 1.165) is 5.69 Å². The highest BCUT2D eigenvalue weighted by Crippen LogP contribution is 2.20. The van der Waals surface area contributed by atoms with Gasteiger partial charge in [-0.1, -0.05) is 5.16 Å². The topological polar surface area (TPSA) is 68.8 Å². The number of aryl methyl sites for hydroxylation is 3. The molecule has 0 bridgehead atoms. The highest BCUT2D eigenvalue weighted by atomic mass is 16.5. The number of aromatic nitrogens is 4. The summed E-state index contributed by atoms with van der Waals surface area (Å²) in [5.41, 5.74) is 3.47. The molecule has 1 N–H and O–H groups in total. The van der Waals surface area contributed by atoms with E-state index in [2.05, 4.69) is 34.4 Å². The fraction of sp³-hybridized carbons (Fsp3) is 0.583. The molecule has 2 rings (SSSR count). The first-order valence-electron chi connectivity index (χ1n) is 6.01. The van der Waals surface area contributed by atoms with Crippen molar-refractivity contribution in [2.24, 2.45) is 7.05 Å². The summed E-state index contributed by atoms with van der Waals surface area (Å²) in [4.78, 5) is 4.17.